The fourth-order valence-electron chi connectivity index (χ4n) is 3.64. The number of pyridine rings is 1. The molecule has 7 nitrogen and oxygen atoms in total. The Kier molecular flexibility index (Phi) is 6.63. The maximum Gasteiger partial charge on any atom is 0.272 e. The molecule has 0 aliphatic rings. The SMILES string of the molecule is Cc1ncc(NC(=O)Cc2ccc(-c3cnc(Cc4cnn(C)c4)nc3)cc2F)cc1C(C)(F)F. The first-order valence-electron chi connectivity index (χ1n) is 10.8. The van der Waals surface area contributed by atoms with Crippen molar-refractivity contribution >= 4 is 11.6 Å². The van der Waals surface area contributed by atoms with Crippen LogP contribution in [0.2, 0.25) is 0 Å². The second kappa shape index (κ2) is 9.65. The highest BCUT2D eigenvalue weighted by molar-refractivity contribution is 5.92. The molecule has 0 spiro atoms. The van der Waals surface area contributed by atoms with E-state index in [-0.39, 0.29) is 28.9 Å². The maximum atomic E-state index is 14.7. The molecule has 3 aromatic heterocycles. The Morgan fingerprint density at radius 1 is 1.06 bits per heavy atom. The minimum absolute atomic E-state index is 0.123. The van der Waals surface area contributed by atoms with Gasteiger partial charge >= 0.3 is 0 Å². The van der Waals surface area contributed by atoms with Gasteiger partial charge in [-0.25, -0.2) is 23.1 Å². The topological polar surface area (TPSA) is 85.6 Å². The number of amides is 1. The third-order valence-electron chi connectivity index (χ3n) is 5.41. The molecule has 0 fully saturated rings. The van der Waals surface area contributed by atoms with E-state index in [1.54, 1.807) is 29.3 Å². The maximum absolute atomic E-state index is 14.7. The highest BCUT2D eigenvalue weighted by Crippen LogP contribution is 2.30. The molecule has 0 aliphatic carbocycles. The number of aryl methyl sites for hydroxylation is 2. The zero-order valence-corrected chi connectivity index (χ0v) is 19.4. The minimum atomic E-state index is -3.10. The van der Waals surface area contributed by atoms with Gasteiger partial charge in [0.15, 0.2) is 0 Å². The first-order chi connectivity index (χ1) is 16.6. The molecule has 10 heteroatoms. The largest absolute Gasteiger partial charge is 0.324 e. The quantitative estimate of drug-likeness (QED) is 0.418. The van der Waals surface area contributed by atoms with Crippen molar-refractivity contribution in [1.29, 1.82) is 0 Å². The van der Waals surface area contributed by atoms with Gasteiger partial charge in [-0.1, -0.05) is 12.1 Å². The van der Waals surface area contributed by atoms with Gasteiger partial charge in [-0.2, -0.15) is 5.10 Å². The number of carbonyl (C=O) groups excluding carboxylic acids is 1. The van der Waals surface area contributed by atoms with Crippen molar-refractivity contribution in [2.75, 3.05) is 5.32 Å². The van der Waals surface area contributed by atoms with Gasteiger partial charge in [0.05, 0.1) is 24.5 Å². The van der Waals surface area contributed by atoms with E-state index < -0.39 is 17.6 Å². The molecule has 0 aliphatic heterocycles. The summed E-state index contributed by atoms with van der Waals surface area (Å²) in [5.74, 6) is -3.60. The molecule has 1 N–H and O–H groups in total. The monoisotopic (exact) mass is 480 g/mol. The Morgan fingerprint density at radius 3 is 2.43 bits per heavy atom. The molecule has 0 bridgehead atoms. The summed E-state index contributed by atoms with van der Waals surface area (Å²) in [5, 5.41) is 6.62. The van der Waals surface area contributed by atoms with E-state index in [1.165, 1.54) is 31.3 Å². The standard InChI is InChI=1S/C25H23F3N6O/c1-15-21(25(2,27)28)9-20(13-29-15)33-24(35)8-18-5-4-17(7-22(18)26)19-11-30-23(31-12-19)6-16-10-32-34(3)14-16/h4-5,7,9-14H,6,8H2,1-3H3,(H,33,35). The summed E-state index contributed by atoms with van der Waals surface area (Å²) < 4.78 is 43.9. The zero-order valence-electron chi connectivity index (χ0n) is 19.4. The first kappa shape index (κ1) is 24.1. The highest BCUT2D eigenvalue weighted by Gasteiger charge is 2.27. The number of hydrogen-bond acceptors (Lipinski definition) is 5. The predicted octanol–water partition coefficient (Wildman–Crippen LogP) is 4.60. The molecule has 35 heavy (non-hydrogen) atoms. The first-order valence-corrected chi connectivity index (χ1v) is 10.8. The van der Waals surface area contributed by atoms with Gasteiger partial charge < -0.3 is 5.32 Å². The second-order valence-corrected chi connectivity index (χ2v) is 8.36. The average molecular weight is 480 g/mol. The molecule has 0 saturated heterocycles. The van der Waals surface area contributed by atoms with Crippen molar-refractivity contribution in [3.63, 3.8) is 0 Å². The molecule has 0 atom stereocenters. The smallest absolute Gasteiger partial charge is 0.272 e. The Morgan fingerprint density at radius 2 is 1.80 bits per heavy atom. The molecule has 3 heterocycles. The van der Waals surface area contributed by atoms with Crippen LogP contribution in [0.4, 0.5) is 18.9 Å². The Bertz CT molecular complexity index is 1360. The van der Waals surface area contributed by atoms with Crippen molar-refractivity contribution in [2.24, 2.45) is 7.05 Å². The van der Waals surface area contributed by atoms with Crippen molar-refractivity contribution < 1.29 is 18.0 Å². The molecule has 0 radical (unpaired) electrons. The summed E-state index contributed by atoms with van der Waals surface area (Å²) in [7, 11) is 1.83. The van der Waals surface area contributed by atoms with Crippen molar-refractivity contribution in [1.82, 2.24) is 24.7 Å². The molecule has 180 valence electrons. The average Bonchev–Trinajstić information content (AvgIpc) is 3.20. The lowest BCUT2D eigenvalue weighted by Crippen LogP contribution is -2.17. The van der Waals surface area contributed by atoms with Crippen LogP contribution in [-0.2, 0) is 30.6 Å². The fraction of sp³-hybridized carbons (Fsp3) is 0.240. The zero-order chi connectivity index (χ0) is 25.2. The number of aromatic nitrogens is 5. The number of carbonyl (C=O) groups is 1. The molecular weight excluding hydrogens is 457 g/mol. The highest BCUT2D eigenvalue weighted by atomic mass is 19.3. The van der Waals surface area contributed by atoms with Crippen LogP contribution in [0.1, 0.15) is 35.1 Å². The number of anilines is 1. The van der Waals surface area contributed by atoms with Gasteiger partial charge in [-0.15, -0.1) is 0 Å². The van der Waals surface area contributed by atoms with Crippen molar-refractivity contribution in [3.8, 4) is 11.1 Å². The van der Waals surface area contributed by atoms with E-state index in [1.807, 2.05) is 13.2 Å². The number of hydrogen-bond donors (Lipinski definition) is 1. The summed E-state index contributed by atoms with van der Waals surface area (Å²) in [5.41, 5.74) is 2.37. The molecule has 4 aromatic rings. The van der Waals surface area contributed by atoms with E-state index in [4.69, 9.17) is 0 Å². The normalized spacial score (nSPS) is 11.5. The van der Waals surface area contributed by atoms with Crippen molar-refractivity contribution in [3.05, 3.63) is 89.3 Å². The lowest BCUT2D eigenvalue weighted by molar-refractivity contribution is -0.115. The van der Waals surface area contributed by atoms with E-state index in [0.717, 1.165) is 12.5 Å². The van der Waals surface area contributed by atoms with Crippen LogP contribution in [0.3, 0.4) is 0 Å². The Hall–Kier alpha value is -4.08. The molecule has 1 amide bonds. The summed E-state index contributed by atoms with van der Waals surface area (Å²) in [6, 6.07) is 5.67. The van der Waals surface area contributed by atoms with E-state index >= 15 is 0 Å². The molecule has 0 saturated carbocycles. The van der Waals surface area contributed by atoms with E-state index in [2.05, 4.69) is 25.4 Å². The predicted molar refractivity (Wildman–Crippen MR) is 124 cm³/mol. The third kappa shape index (κ3) is 5.89. The van der Waals surface area contributed by atoms with E-state index in [0.29, 0.717) is 23.4 Å². The Balaban J connectivity index is 1.42. The van der Waals surface area contributed by atoms with Gasteiger partial charge in [0.2, 0.25) is 5.91 Å². The third-order valence-corrected chi connectivity index (χ3v) is 5.41. The lowest BCUT2D eigenvalue weighted by Gasteiger charge is -2.15. The van der Waals surface area contributed by atoms with E-state index in [9.17, 15) is 18.0 Å². The van der Waals surface area contributed by atoms with Gasteiger partial charge in [0, 0.05) is 55.8 Å². The number of nitrogens with one attached hydrogen (secondary N) is 1. The summed E-state index contributed by atoms with van der Waals surface area (Å²) in [6.07, 6.45) is 8.42. The van der Waals surface area contributed by atoms with Crippen LogP contribution in [0.25, 0.3) is 11.1 Å². The van der Waals surface area contributed by atoms with Crippen LogP contribution < -0.4 is 5.32 Å². The summed E-state index contributed by atoms with van der Waals surface area (Å²) in [4.78, 5) is 25.0. The number of benzene rings is 1. The number of halogens is 3. The van der Waals surface area contributed by atoms with Crippen LogP contribution in [0, 0.1) is 12.7 Å². The number of alkyl halides is 2. The van der Waals surface area contributed by atoms with Gasteiger partial charge in [0.1, 0.15) is 11.6 Å². The molecule has 0 unspecified atom stereocenters. The minimum Gasteiger partial charge on any atom is -0.324 e. The fourth-order valence-corrected chi connectivity index (χ4v) is 3.64. The van der Waals surface area contributed by atoms with Gasteiger partial charge in [-0.05, 0) is 35.7 Å². The second-order valence-electron chi connectivity index (χ2n) is 8.36. The lowest BCUT2D eigenvalue weighted by atomic mass is 10.0. The van der Waals surface area contributed by atoms with Crippen molar-refractivity contribution in [2.45, 2.75) is 32.6 Å². The summed E-state index contributed by atoms with van der Waals surface area (Å²) >= 11 is 0. The van der Waals surface area contributed by atoms with Gasteiger partial charge in [0.25, 0.3) is 5.92 Å². The molecule has 1 aromatic carbocycles. The number of rotatable bonds is 7. The number of nitrogens with zero attached hydrogens (tertiary/aromatic N) is 5. The van der Waals surface area contributed by atoms with Crippen LogP contribution in [0.5, 0.6) is 0 Å². The molecular formula is C25H23F3N6O. The van der Waals surface area contributed by atoms with Crippen LogP contribution in [0.15, 0.2) is 55.2 Å². The van der Waals surface area contributed by atoms with Gasteiger partial charge in [-0.3, -0.25) is 14.5 Å². The summed E-state index contributed by atoms with van der Waals surface area (Å²) in [6.45, 7) is 2.23. The Labute approximate surface area is 200 Å². The molecule has 4 rings (SSSR count). The van der Waals surface area contributed by atoms with Crippen LogP contribution in [-0.4, -0.2) is 30.6 Å². The van der Waals surface area contributed by atoms with Crippen LogP contribution >= 0.6 is 0 Å².